The Labute approximate surface area is 118 Å². The molecule has 2 saturated heterocycles. The predicted octanol–water partition coefficient (Wildman–Crippen LogP) is 1.62. The second kappa shape index (κ2) is 5.76. The molecule has 3 nitrogen and oxygen atoms in total. The van der Waals surface area contributed by atoms with E-state index in [0.29, 0.717) is 6.04 Å². The van der Waals surface area contributed by atoms with E-state index in [0.717, 1.165) is 39.3 Å². The summed E-state index contributed by atoms with van der Waals surface area (Å²) in [4.78, 5) is 4.64. The minimum atomic E-state index is -0.442. The molecular weight excluding hydrogens is 260 g/mol. The second-order valence-corrected chi connectivity index (χ2v) is 5.70. The number of halogens is 2. The highest BCUT2D eigenvalue weighted by Crippen LogP contribution is 2.27. The van der Waals surface area contributed by atoms with Gasteiger partial charge < -0.3 is 5.32 Å². The van der Waals surface area contributed by atoms with E-state index in [1.165, 1.54) is 18.2 Å². The van der Waals surface area contributed by atoms with Gasteiger partial charge in [0.05, 0.1) is 0 Å². The molecule has 0 radical (unpaired) electrons. The molecule has 2 heterocycles. The third-order valence-electron chi connectivity index (χ3n) is 4.59. The lowest BCUT2D eigenvalue weighted by molar-refractivity contribution is 0.0537. The SMILES string of the molecule is CC(c1c(F)cccc1F)N1CCN(C2CNC2)CC1. The van der Waals surface area contributed by atoms with Crippen LogP contribution < -0.4 is 5.32 Å². The summed E-state index contributed by atoms with van der Waals surface area (Å²) in [6, 6.07) is 4.54. The number of rotatable bonds is 3. The lowest BCUT2D eigenvalue weighted by Gasteiger charge is -2.44. The molecule has 5 heteroatoms. The van der Waals surface area contributed by atoms with Gasteiger partial charge in [-0.05, 0) is 19.1 Å². The largest absolute Gasteiger partial charge is 0.314 e. The van der Waals surface area contributed by atoms with Gasteiger partial charge in [-0.2, -0.15) is 0 Å². The lowest BCUT2D eigenvalue weighted by atomic mass is 10.0. The summed E-state index contributed by atoms with van der Waals surface area (Å²) < 4.78 is 27.7. The van der Waals surface area contributed by atoms with Crippen molar-refractivity contribution >= 4 is 0 Å². The van der Waals surface area contributed by atoms with Crippen molar-refractivity contribution in [3.05, 3.63) is 35.4 Å². The van der Waals surface area contributed by atoms with Crippen molar-refractivity contribution in [2.24, 2.45) is 0 Å². The first kappa shape index (κ1) is 13.9. The first-order valence-electron chi connectivity index (χ1n) is 7.29. The van der Waals surface area contributed by atoms with E-state index in [1.807, 2.05) is 6.92 Å². The average molecular weight is 281 g/mol. The Hall–Kier alpha value is -1.04. The molecule has 0 aromatic heterocycles. The smallest absolute Gasteiger partial charge is 0.130 e. The van der Waals surface area contributed by atoms with Crippen molar-refractivity contribution in [3.63, 3.8) is 0 Å². The van der Waals surface area contributed by atoms with Crippen LogP contribution in [0.25, 0.3) is 0 Å². The van der Waals surface area contributed by atoms with Crippen LogP contribution in [0.15, 0.2) is 18.2 Å². The zero-order chi connectivity index (χ0) is 14.1. The van der Waals surface area contributed by atoms with E-state index in [2.05, 4.69) is 15.1 Å². The number of piperazine rings is 1. The van der Waals surface area contributed by atoms with Crippen molar-refractivity contribution < 1.29 is 8.78 Å². The molecule has 2 aliphatic rings. The van der Waals surface area contributed by atoms with E-state index >= 15 is 0 Å². The van der Waals surface area contributed by atoms with Gasteiger partial charge in [0.1, 0.15) is 11.6 Å². The standard InChI is InChI=1S/C15H21F2N3/c1-11(15-13(16)3-2-4-14(15)17)19-5-7-20(8-6-19)12-9-18-10-12/h2-4,11-12,18H,5-10H2,1H3. The van der Waals surface area contributed by atoms with Crippen LogP contribution in [0.1, 0.15) is 18.5 Å². The fourth-order valence-electron chi connectivity index (χ4n) is 3.11. The summed E-state index contributed by atoms with van der Waals surface area (Å²) in [5, 5.41) is 3.28. The van der Waals surface area contributed by atoms with E-state index in [-0.39, 0.29) is 11.6 Å². The molecule has 20 heavy (non-hydrogen) atoms. The Morgan fingerprint density at radius 2 is 1.70 bits per heavy atom. The molecule has 2 aliphatic heterocycles. The van der Waals surface area contributed by atoms with Crippen LogP contribution in [-0.4, -0.2) is 55.1 Å². The zero-order valence-electron chi connectivity index (χ0n) is 11.8. The van der Waals surface area contributed by atoms with Gasteiger partial charge in [-0.1, -0.05) is 6.07 Å². The lowest BCUT2D eigenvalue weighted by Crippen LogP contribution is -2.61. The molecule has 1 aromatic rings. The van der Waals surface area contributed by atoms with Crippen molar-refractivity contribution in [2.75, 3.05) is 39.3 Å². The fraction of sp³-hybridized carbons (Fsp3) is 0.600. The van der Waals surface area contributed by atoms with Gasteiger partial charge in [0, 0.05) is 56.9 Å². The van der Waals surface area contributed by atoms with Gasteiger partial charge in [0.15, 0.2) is 0 Å². The monoisotopic (exact) mass is 281 g/mol. The maximum atomic E-state index is 13.8. The molecule has 2 fully saturated rings. The highest BCUT2D eigenvalue weighted by Gasteiger charge is 2.30. The Morgan fingerprint density at radius 3 is 2.20 bits per heavy atom. The molecule has 0 bridgehead atoms. The second-order valence-electron chi connectivity index (χ2n) is 5.70. The van der Waals surface area contributed by atoms with E-state index in [1.54, 1.807) is 0 Å². The Balaban J connectivity index is 1.65. The van der Waals surface area contributed by atoms with Gasteiger partial charge >= 0.3 is 0 Å². The van der Waals surface area contributed by atoms with Crippen molar-refractivity contribution in [1.82, 2.24) is 15.1 Å². The van der Waals surface area contributed by atoms with Gasteiger partial charge in [0.2, 0.25) is 0 Å². The Morgan fingerprint density at radius 1 is 1.10 bits per heavy atom. The maximum absolute atomic E-state index is 13.8. The van der Waals surface area contributed by atoms with Crippen LogP contribution >= 0.6 is 0 Å². The fourth-order valence-corrected chi connectivity index (χ4v) is 3.11. The van der Waals surface area contributed by atoms with Gasteiger partial charge in [-0.3, -0.25) is 9.80 Å². The maximum Gasteiger partial charge on any atom is 0.130 e. The third kappa shape index (κ3) is 2.57. The predicted molar refractivity (Wildman–Crippen MR) is 74.6 cm³/mol. The number of nitrogens with one attached hydrogen (secondary N) is 1. The highest BCUT2D eigenvalue weighted by atomic mass is 19.1. The third-order valence-corrected chi connectivity index (χ3v) is 4.59. The normalized spacial score (nSPS) is 23.6. The highest BCUT2D eigenvalue weighted by molar-refractivity contribution is 5.23. The van der Waals surface area contributed by atoms with Gasteiger partial charge in [0.25, 0.3) is 0 Å². The molecule has 1 unspecified atom stereocenters. The molecule has 0 aliphatic carbocycles. The number of nitrogens with zero attached hydrogens (tertiary/aromatic N) is 2. The molecule has 1 atom stereocenters. The number of benzene rings is 1. The molecule has 1 aromatic carbocycles. The molecular formula is C15H21F2N3. The first-order valence-corrected chi connectivity index (χ1v) is 7.29. The van der Waals surface area contributed by atoms with Gasteiger partial charge in [-0.15, -0.1) is 0 Å². The molecule has 110 valence electrons. The van der Waals surface area contributed by atoms with Crippen molar-refractivity contribution in [2.45, 2.75) is 19.0 Å². The Bertz CT molecular complexity index is 448. The minimum Gasteiger partial charge on any atom is -0.314 e. The van der Waals surface area contributed by atoms with Gasteiger partial charge in [-0.25, -0.2) is 8.78 Å². The van der Waals surface area contributed by atoms with Crippen LogP contribution in [0, 0.1) is 11.6 Å². The summed E-state index contributed by atoms with van der Waals surface area (Å²) in [6.07, 6.45) is 0. The molecule has 1 N–H and O–H groups in total. The number of hydrogen-bond acceptors (Lipinski definition) is 3. The van der Waals surface area contributed by atoms with E-state index in [9.17, 15) is 8.78 Å². The molecule has 0 amide bonds. The van der Waals surface area contributed by atoms with Crippen LogP contribution in [0.3, 0.4) is 0 Å². The topological polar surface area (TPSA) is 18.5 Å². The quantitative estimate of drug-likeness (QED) is 0.908. The van der Waals surface area contributed by atoms with Crippen LogP contribution in [0.4, 0.5) is 8.78 Å². The summed E-state index contributed by atoms with van der Waals surface area (Å²) in [7, 11) is 0. The average Bonchev–Trinajstić information content (AvgIpc) is 2.37. The van der Waals surface area contributed by atoms with E-state index < -0.39 is 11.6 Å². The summed E-state index contributed by atoms with van der Waals surface area (Å²) in [6.45, 7) is 7.72. The summed E-state index contributed by atoms with van der Waals surface area (Å²) in [5.74, 6) is -0.883. The first-order chi connectivity index (χ1) is 9.66. The zero-order valence-corrected chi connectivity index (χ0v) is 11.8. The number of hydrogen-bond donors (Lipinski definition) is 1. The molecule has 0 saturated carbocycles. The Kier molecular flexibility index (Phi) is 4.01. The van der Waals surface area contributed by atoms with Crippen LogP contribution in [0.2, 0.25) is 0 Å². The van der Waals surface area contributed by atoms with Crippen molar-refractivity contribution in [3.8, 4) is 0 Å². The molecule has 3 rings (SSSR count). The summed E-state index contributed by atoms with van der Waals surface area (Å²) in [5.41, 5.74) is 0.200. The summed E-state index contributed by atoms with van der Waals surface area (Å²) >= 11 is 0. The van der Waals surface area contributed by atoms with Crippen molar-refractivity contribution in [1.29, 1.82) is 0 Å². The van der Waals surface area contributed by atoms with Crippen LogP contribution in [0.5, 0.6) is 0 Å². The molecule has 0 spiro atoms. The minimum absolute atomic E-state index is 0.200. The van der Waals surface area contributed by atoms with Crippen LogP contribution in [-0.2, 0) is 0 Å². The van der Waals surface area contributed by atoms with E-state index in [4.69, 9.17) is 0 Å².